The van der Waals surface area contributed by atoms with E-state index in [0.29, 0.717) is 6.42 Å². The van der Waals surface area contributed by atoms with Crippen molar-refractivity contribution in [3.63, 3.8) is 0 Å². The molecule has 0 fully saturated rings. The molecule has 0 radical (unpaired) electrons. The summed E-state index contributed by atoms with van der Waals surface area (Å²) in [7, 11) is 1.65. The fraction of sp³-hybridized carbons (Fsp3) is 0.316. The Hall–Kier alpha value is -1.98. The van der Waals surface area contributed by atoms with Crippen LogP contribution in [0.5, 0.6) is 5.75 Å². The lowest BCUT2D eigenvalue weighted by atomic mass is 10.2. The van der Waals surface area contributed by atoms with E-state index >= 15 is 0 Å². The Bertz CT molecular complexity index is 644. The highest BCUT2D eigenvalue weighted by atomic mass is 32.2. The predicted octanol–water partition coefficient (Wildman–Crippen LogP) is 3.93. The van der Waals surface area contributed by atoms with Crippen molar-refractivity contribution in [2.24, 2.45) is 0 Å². The highest BCUT2D eigenvalue weighted by Crippen LogP contribution is 2.22. The summed E-state index contributed by atoms with van der Waals surface area (Å²) >= 11 is 1.67. The van der Waals surface area contributed by atoms with Crippen molar-refractivity contribution in [2.75, 3.05) is 24.7 Å². The molecule has 1 amide bonds. The van der Waals surface area contributed by atoms with E-state index in [1.54, 1.807) is 18.9 Å². The number of carbonyl (C=O) groups is 1. The molecule has 2 N–H and O–H groups in total. The van der Waals surface area contributed by atoms with Gasteiger partial charge in [0.1, 0.15) is 5.75 Å². The van der Waals surface area contributed by atoms with Gasteiger partial charge in [0.05, 0.1) is 7.11 Å². The monoisotopic (exact) mass is 344 g/mol. The van der Waals surface area contributed by atoms with Gasteiger partial charge in [0.25, 0.3) is 0 Å². The zero-order valence-electron chi connectivity index (χ0n) is 14.2. The minimum absolute atomic E-state index is 0.0385. The number of rotatable bonds is 9. The van der Waals surface area contributed by atoms with Gasteiger partial charge in [0, 0.05) is 29.3 Å². The molecule has 0 saturated carbocycles. The molecule has 0 aliphatic rings. The summed E-state index contributed by atoms with van der Waals surface area (Å²) in [5, 5.41) is 6.24. The third kappa shape index (κ3) is 6.26. The van der Waals surface area contributed by atoms with Gasteiger partial charge in [0.2, 0.25) is 5.91 Å². The average molecular weight is 344 g/mol. The van der Waals surface area contributed by atoms with Crippen LogP contribution in [0, 0.1) is 0 Å². The number of hydrogen-bond acceptors (Lipinski definition) is 4. The second-order valence-electron chi connectivity index (χ2n) is 5.30. The highest BCUT2D eigenvalue weighted by Gasteiger charge is 2.04. The molecule has 0 aliphatic heterocycles. The molecule has 0 heterocycles. The lowest BCUT2D eigenvalue weighted by molar-refractivity contribution is -0.115. The molecule has 2 rings (SSSR count). The molecule has 0 unspecified atom stereocenters. The van der Waals surface area contributed by atoms with Gasteiger partial charge in [0.15, 0.2) is 0 Å². The lowest BCUT2D eigenvalue weighted by Crippen LogP contribution is -2.14. The number of methoxy groups -OCH3 is 1. The van der Waals surface area contributed by atoms with Crippen molar-refractivity contribution in [2.45, 2.75) is 24.8 Å². The maximum atomic E-state index is 12.1. The minimum Gasteiger partial charge on any atom is -0.497 e. The molecule has 0 atom stereocenters. The number of benzene rings is 2. The van der Waals surface area contributed by atoms with E-state index in [1.807, 2.05) is 42.5 Å². The molecule has 5 heteroatoms. The number of anilines is 1. The van der Waals surface area contributed by atoms with E-state index in [0.717, 1.165) is 35.2 Å². The summed E-state index contributed by atoms with van der Waals surface area (Å²) < 4.78 is 5.13. The van der Waals surface area contributed by atoms with Gasteiger partial charge in [-0.2, -0.15) is 0 Å². The third-order valence-electron chi connectivity index (χ3n) is 3.45. The SMILES string of the molecule is CCNCc1cccc(NC(=O)CCSc2ccc(OC)cc2)c1. The Balaban J connectivity index is 1.76. The molecule has 2 aromatic rings. The molecule has 0 bridgehead atoms. The number of ether oxygens (including phenoxy) is 1. The summed E-state index contributed by atoms with van der Waals surface area (Å²) in [5.41, 5.74) is 2.02. The lowest BCUT2D eigenvalue weighted by Gasteiger charge is -2.08. The molecular formula is C19H24N2O2S. The smallest absolute Gasteiger partial charge is 0.225 e. The Morgan fingerprint density at radius 3 is 2.67 bits per heavy atom. The van der Waals surface area contributed by atoms with Gasteiger partial charge in [-0.05, 0) is 48.5 Å². The molecule has 0 aliphatic carbocycles. The van der Waals surface area contributed by atoms with Crippen molar-refractivity contribution < 1.29 is 9.53 Å². The van der Waals surface area contributed by atoms with E-state index in [9.17, 15) is 4.79 Å². The highest BCUT2D eigenvalue weighted by molar-refractivity contribution is 7.99. The van der Waals surface area contributed by atoms with Crippen LogP contribution in [0.1, 0.15) is 18.9 Å². The van der Waals surface area contributed by atoms with E-state index < -0.39 is 0 Å². The molecule has 0 spiro atoms. The second kappa shape index (κ2) is 10.0. The van der Waals surface area contributed by atoms with Crippen molar-refractivity contribution in [1.82, 2.24) is 5.32 Å². The number of amides is 1. The zero-order valence-corrected chi connectivity index (χ0v) is 15.0. The summed E-state index contributed by atoms with van der Waals surface area (Å²) in [5.74, 6) is 1.63. The summed E-state index contributed by atoms with van der Waals surface area (Å²) in [4.78, 5) is 13.2. The van der Waals surface area contributed by atoms with Crippen LogP contribution in [0.25, 0.3) is 0 Å². The first kappa shape index (κ1) is 18.4. The van der Waals surface area contributed by atoms with Crippen LogP contribution in [-0.4, -0.2) is 25.3 Å². The molecular weight excluding hydrogens is 320 g/mol. The van der Waals surface area contributed by atoms with Crippen LogP contribution < -0.4 is 15.4 Å². The van der Waals surface area contributed by atoms with Gasteiger partial charge in [-0.3, -0.25) is 4.79 Å². The summed E-state index contributed by atoms with van der Waals surface area (Å²) in [6, 6.07) is 15.8. The minimum atomic E-state index is 0.0385. The molecule has 4 nitrogen and oxygen atoms in total. The van der Waals surface area contributed by atoms with E-state index in [4.69, 9.17) is 4.74 Å². The molecule has 0 aromatic heterocycles. The zero-order chi connectivity index (χ0) is 17.2. The van der Waals surface area contributed by atoms with Crippen molar-refractivity contribution in [1.29, 1.82) is 0 Å². The first-order valence-corrected chi connectivity index (χ1v) is 9.06. The number of thioether (sulfide) groups is 1. The first-order valence-electron chi connectivity index (χ1n) is 8.07. The summed E-state index contributed by atoms with van der Waals surface area (Å²) in [6.45, 7) is 3.82. The Morgan fingerprint density at radius 2 is 1.96 bits per heavy atom. The second-order valence-corrected chi connectivity index (χ2v) is 6.47. The van der Waals surface area contributed by atoms with Gasteiger partial charge in [-0.1, -0.05) is 19.1 Å². The molecule has 0 saturated heterocycles. The number of hydrogen-bond donors (Lipinski definition) is 2. The van der Waals surface area contributed by atoms with Crippen LogP contribution >= 0.6 is 11.8 Å². The molecule has 2 aromatic carbocycles. The Labute approximate surface area is 148 Å². The fourth-order valence-electron chi connectivity index (χ4n) is 2.19. The van der Waals surface area contributed by atoms with Gasteiger partial charge in [-0.15, -0.1) is 11.8 Å². The van der Waals surface area contributed by atoms with E-state index in [1.165, 1.54) is 5.56 Å². The maximum absolute atomic E-state index is 12.1. The number of nitrogens with one attached hydrogen (secondary N) is 2. The van der Waals surface area contributed by atoms with Crippen molar-refractivity contribution in [3.8, 4) is 5.75 Å². The van der Waals surface area contributed by atoms with Crippen LogP contribution in [0.15, 0.2) is 53.4 Å². The quantitative estimate of drug-likeness (QED) is 0.677. The topological polar surface area (TPSA) is 50.4 Å². The largest absolute Gasteiger partial charge is 0.497 e. The van der Waals surface area contributed by atoms with Crippen molar-refractivity contribution >= 4 is 23.4 Å². The van der Waals surface area contributed by atoms with Crippen molar-refractivity contribution in [3.05, 3.63) is 54.1 Å². The predicted molar refractivity (Wildman–Crippen MR) is 101 cm³/mol. The van der Waals surface area contributed by atoms with Gasteiger partial charge < -0.3 is 15.4 Å². The first-order chi connectivity index (χ1) is 11.7. The maximum Gasteiger partial charge on any atom is 0.225 e. The van der Waals surface area contributed by atoms with Crippen LogP contribution in [-0.2, 0) is 11.3 Å². The standard InChI is InChI=1S/C19H24N2O2S/c1-3-20-14-15-5-4-6-16(13-15)21-19(22)11-12-24-18-9-7-17(23-2)8-10-18/h4-10,13,20H,3,11-12,14H2,1-2H3,(H,21,22). The van der Waals surface area contributed by atoms with Crippen LogP contribution in [0.4, 0.5) is 5.69 Å². The van der Waals surface area contributed by atoms with Gasteiger partial charge >= 0.3 is 0 Å². The van der Waals surface area contributed by atoms with Gasteiger partial charge in [-0.25, -0.2) is 0 Å². The summed E-state index contributed by atoms with van der Waals surface area (Å²) in [6.07, 6.45) is 0.480. The van der Waals surface area contributed by atoms with Crippen LogP contribution in [0.3, 0.4) is 0 Å². The Morgan fingerprint density at radius 1 is 1.17 bits per heavy atom. The molecule has 24 heavy (non-hydrogen) atoms. The Kier molecular flexibility index (Phi) is 7.65. The van der Waals surface area contributed by atoms with Crippen LogP contribution in [0.2, 0.25) is 0 Å². The van der Waals surface area contributed by atoms with E-state index in [2.05, 4.69) is 23.6 Å². The average Bonchev–Trinajstić information content (AvgIpc) is 2.61. The fourth-order valence-corrected chi connectivity index (χ4v) is 3.04. The number of carbonyl (C=O) groups excluding carboxylic acids is 1. The molecule has 128 valence electrons. The normalized spacial score (nSPS) is 10.4. The third-order valence-corrected chi connectivity index (χ3v) is 4.46. The van der Waals surface area contributed by atoms with E-state index in [-0.39, 0.29) is 5.91 Å².